The number of carbonyl (C=O) groups excluding carboxylic acids is 1. The Morgan fingerprint density at radius 3 is 3.05 bits per heavy atom. The van der Waals surface area contributed by atoms with E-state index in [2.05, 4.69) is 4.98 Å². The molecular weight excluding hydrogens is 254 g/mol. The van der Waals surface area contributed by atoms with Crippen LogP contribution in [0.25, 0.3) is 10.9 Å². The van der Waals surface area contributed by atoms with E-state index < -0.39 is 0 Å². The lowest BCUT2D eigenvalue weighted by Gasteiger charge is -2.12. The number of benzene rings is 1. The standard InChI is InChI=1S/C16H19NO3/c1-3-19-11-4-5-15-13(8-11)14(9-17-15)16(18)12-6-7-20-10(12)2/h4-5,8-10,12,17H,3,6-7H2,1-2H3. The monoisotopic (exact) mass is 273 g/mol. The zero-order valence-corrected chi connectivity index (χ0v) is 11.8. The van der Waals surface area contributed by atoms with Crippen molar-refractivity contribution >= 4 is 16.7 Å². The van der Waals surface area contributed by atoms with Crippen LogP contribution in [-0.4, -0.2) is 30.1 Å². The van der Waals surface area contributed by atoms with Crippen molar-refractivity contribution < 1.29 is 14.3 Å². The average molecular weight is 273 g/mol. The Balaban J connectivity index is 1.98. The van der Waals surface area contributed by atoms with Crippen LogP contribution in [0.3, 0.4) is 0 Å². The molecule has 1 aliphatic heterocycles. The van der Waals surface area contributed by atoms with Gasteiger partial charge in [-0.25, -0.2) is 0 Å². The van der Waals surface area contributed by atoms with Gasteiger partial charge in [-0.15, -0.1) is 0 Å². The Labute approximate surface area is 118 Å². The first kappa shape index (κ1) is 13.2. The minimum atomic E-state index is -0.0373. The molecule has 3 rings (SSSR count). The summed E-state index contributed by atoms with van der Waals surface area (Å²) in [5, 5.41) is 0.931. The van der Waals surface area contributed by atoms with E-state index in [1.165, 1.54) is 0 Å². The number of hydrogen-bond acceptors (Lipinski definition) is 3. The van der Waals surface area contributed by atoms with Crippen LogP contribution in [-0.2, 0) is 4.74 Å². The van der Waals surface area contributed by atoms with Crippen molar-refractivity contribution in [2.75, 3.05) is 13.2 Å². The molecule has 2 unspecified atom stereocenters. The van der Waals surface area contributed by atoms with Crippen LogP contribution in [0.2, 0.25) is 0 Å². The Bertz CT molecular complexity index is 632. The zero-order valence-electron chi connectivity index (χ0n) is 11.8. The van der Waals surface area contributed by atoms with Gasteiger partial charge in [-0.1, -0.05) is 0 Å². The predicted octanol–water partition coefficient (Wildman–Crippen LogP) is 3.17. The second kappa shape index (κ2) is 5.29. The van der Waals surface area contributed by atoms with Gasteiger partial charge in [0.1, 0.15) is 5.75 Å². The molecule has 0 bridgehead atoms. The summed E-state index contributed by atoms with van der Waals surface area (Å²) in [6, 6.07) is 5.80. The number of H-pyrrole nitrogens is 1. The van der Waals surface area contributed by atoms with Crippen LogP contribution >= 0.6 is 0 Å². The first-order valence-corrected chi connectivity index (χ1v) is 7.10. The summed E-state index contributed by atoms with van der Waals surface area (Å²) in [4.78, 5) is 15.8. The van der Waals surface area contributed by atoms with Crippen molar-refractivity contribution in [3.05, 3.63) is 30.0 Å². The Hall–Kier alpha value is -1.81. The molecule has 106 valence electrons. The fourth-order valence-corrected chi connectivity index (χ4v) is 2.84. The van der Waals surface area contributed by atoms with Crippen LogP contribution < -0.4 is 4.74 Å². The molecule has 1 aromatic carbocycles. The van der Waals surface area contributed by atoms with Crippen molar-refractivity contribution in [3.63, 3.8) is 0 Å². The molecule has 2 heterocycles. The molecule has 1 N–H and O–H groups in total. The minimum Gasteiger partial charge on any atom is -0.494 e. The van der Waals surface area contributed by atoms with Crippen LogP contribution in [0.1, 0.15) is 30.6 Å². The second-order valence-electron chi connectivity index (χ2n) is 5.18. The van der Waals surface area contributed by atoms with Crippen LogP contribution in [0.15, 0.2) is 24.4 Å². The third-order valence-electron chi connectivity index (χ3n) is 3.94. The Morgan fingerprint density at radius 1 is 1.50 bits per heavy atom. The molecule has 0 radical (unpaired) electrons. The van der Waals surface area contributed by atoms with E-state index in [4.69, 9.17) is 9.47 Å². The molecule has 1 aliphatic rings. The maximum Gasteiger partial charge on any atom is 0.170 e. The summed E-state index contributed by atoms with van der Waals surface area (Å²) in [7, 11) is 0. The van der Waals surface area contributed by atoms with E-state index in [1.807, 2.05) is 32.0 Å². The van der Waals surface area contributed by atoms with E-state index >= 15 is 0 Å². The first-order valence-electron chi connectivity index (χ1n) is 7.10. The average Bonchev–Trinajstić information content (AvgIpc) is 3.04. The predicted molar refractivity (Wildman–Crippen MR) is 77.3 cm³/mol. The van der Waals surface area contributed by atoms with Gasteiger partial charge in [0.25, 0.3) is 0 Å². The van der Waals surface area contributed by atoms with E-state index in [0.29, 0.717) is 13.2 Å². The van der Waals surface area contributed by atoms with Crippen LogP contribution in [0, 0.1) is 5.92 Å². The largest absolute Gasteiger partial charge is 0.494 e. The highest BCUT2D eigenvalue weighted by atomic mass is 16.5. The van der Waals surface area contributed by atoms with Crippen molar-refractivity contribution in [2.24, 2.45) is 5.92 Å². The number of rotatable bonds is 4. The van der Waals surface area contributed by atoms with Gasteiger partial charge in [-0.2, -0.15) is 0 Å². The number of hydrogen-bond donors (Lipinski definition) is 1. The SMILES string of the molecule is CCOc1ccc2[nH]cc(C(=O)C3CCOC3C)c2c1. The van der Waals surface area contributed by atoms with Gasteiger partial charge in [0.05, 0.1) is 18.6 Å². The molecule has 0 aliphatic carbocycles. The van der Waals surface area contributed by atoms with Gasteiger partial charge in [0.15, 0.2) is 5.78 Å². The second-order valence-corrected chi connectivity index (χ2v) is 5.18. The van der Waals surface area contributed by atoms with Crippen molar-refractivity contribution in [2.45, 2.75) is 26.4 Å². The molecule has 4 nitrogen and oxygen atoms in total. The third-order valence-corrected chi connectivity index (χ3v) is 3.94. The lowest BCUT2D eigenvalue weighted by Crippen LogP contribution is -2.21. The fraction of sp³-hybridized carbons (Fsp3) is 0.438. The maximum atomic E-state index is 12.7. The number of nitrogens with one attached hydrogen (secondary N) is 1. The fourth-order valence-electron chi connectivity index (χ4n) is 2.84. The van der Waals surface area contributed by atoms with Gasteiger partial charge < -0.3 is 14.5 Å². The Kier molecular flexibility index (Phi) is 3.49. The van der Waals surface area contributed by atoms with Crippen LogP contribution in [0.5, 0.6) is 5.75 Å². The van der Waals surface area contributed by atoms with Gasteiger partial charge in [-0.05, 0) is 38.5 Å². The summed E-state index contributed by atoms with van der Waals surface area (Å²) in [5.41, 5.74) is 1.70. The number of aromatic nitrogens is 1. The summed E-state index contributed by atoms with van der Waals surface area (Å²) >= 11 is 0. The molecule has 1 aromatic heterocycles. The highest BCUT2D eigenvalue weighted by Gasteiger charge is 2.32. The van der Waals surface area contributed by atoms with E-state index in [1.54, 1.807) is 6.20 Å². The summed E-state index contributed by atoms with van der Waals surface area (Å²) in [6.45, 7) is 5.21. The normalized spacial score (nSPS) is 22.3. The summed E-state index contributed by atoms with van der Waals surface area (Å²) in [6.07, 6.45) is 2.61. The molecular formula is C16H19NO3. The van der Waals surface area contributed by atoms with Gasteiger partial charge in [0, 0.05) is 29.3 Å². The van der Waals surface area contributed by atoms with Gasteiger partial charge in [0.2, 0.25) is 0 Å². The molecule has 2 atom stereocenters. The summed E-state index contributed by atoms with van der Waals surface area (Å²) < 4.78 is 11.0. The maximum absolute atomic E-state index is 12.7. The quantitative estimate of drug-likeness (QED) is 0.870. The number of fused-ring (bicyclic) bond motifs is 1. The van der Waals surface area contributed by atoms with E-state index in [-0.39, 0.29) is 17.8 Å². The van der Waals surface area contributed by atoms with Crippen molar-refractivity contribution in [3.8, 4) is 5.75 Å². The van der Waals surface area contributed by atoms with E-state index in [9.17, 15) is 4.79 Å². The molecule has 1 saturated heterocycles. The molecule has 4 heteroatoms. The molecule has 0 saturated carbocycles. The minimum absolute atomic E-state index is 0.00234. The molecule has 20 heavy (non-hydrogen) atoms. The highest BCUT2D eigenvalue weighted by molar-refractivity contribution is 6.09. The number of Topliss-reactive ketones (excluding diaryl/α,β-unsaturated/α-hetero) is 1. The Morgan fingerprint density at radius 2 is 2.35 bits per heavy atom. The number of ketones is 1. The smallest absolute Gasteiger partial charge is 0.170 e. The topological polar surface area (TPSA) is 51.3 Å². The van der Waals surface area contributed by atoms with Crippen molar-refractivity contribution in [1.82, 2.24) is 4.98 Å². The molecule has 2 aromatic rings. The number of aromatic amines is 1. The van der Waals surface area contributed by atoms with Crippen LogP contribution in [0.4, 0.5) is 0 Å². The lowest BCUT2D eigenvalue weighted by atomic mass is 9.92. The van der Waals surface area contributed by atoms with Gasteiger partial charge in [-0.3, -0.25) is 4.79 Å². The van der Waals surface area contributed by atoms with E-state index in [0.717, 1.165) is 28.6 Å². The number of ether oxygens (including phenoxy) is 2. The third kappa shape index (κ3) is 2.20. The number of carbonyl (C=O) groups is 1. The van der Waals surface area contributed by atoms with Crippen molar-refractivity contribution in [1.29, 1.82) is 0 Å². The molecule has 0 amide bonds. The molecule has 0 spiro atoms. The highest BCUT2D eigenvalue weighted by Crippen LogP contribution is 2.30. The van der Waals surface area contributed by atoms with Gasteiger partial charge >= 0.3 is 0 Å². The zero-order chi connectivity index (χ0) is 14.1. The first-order chi connectivity index (χ1) is 9.70. The molecule has 1 fully saturated rings. The summed E-state index contributed by atoms with van der Waals surface area (Å²) in [5.74, 6) is 0.920. The lowest BCUT2D eigenvalue weighted by molar-refractivity contribution is 0.0766.